The number of esters is 2. The average molecular weight is 284 g/mol. The Kier molecular flexibility index (Phi) is 5.30. The fourth-order valence-electron chi connectivity index (χ4n) is 2.44. The molecule has 1 aliphatic rings. The zero-order chi connectivity index (χ0) is 15.3. The van der Waals surface area contributed by atoms with Crippen LogP contribution in [0.4, 0.5) is 0 Å². The minimum atomic E-state index is -1.58. The average Bonchev–Trinajstić information content (AvgIpc) is 2.33. The molecule has 1 rings (SSSR count). The van der Waals surface area contributed by atoms with Crippen molar-refractivity contribution in [2.24, 2.45) is 17.3 Å². The Balaban J connectivity index is 3.18. The van der Waals surface area contributed by atoms with Gasteiger partial charge in [-0.3, -0.25) is 14.4 Å². The van der Waals surface area contributed by atoms with Crippen molar-refractivity contribution >= 4 is 17.9 Å². The lowest BCUT2D eigenvalue weighted by molar-refractivity contribution is -0.178. The third-order valence-corrected chi connectivity index (χ3v) is 3.60. The first-order valence-electron chi connectivity index (χ1n) is 6.71. The normalized spacial score (nSPS) is 20.9. The Hall–Kier alpha value is -1.85. The summed E-state index contributed by atoms with van der Waals surface area (Å²) >= 11 is 0. The minimum absolute atomic E-state index is 0.119. The van der Waals surface area contributed by atoms with Gasteiger partial charge < -0.3 is 14.6 Å². The van der Waals surface area contributed by atoms with Crippen LogP contribution in [0, 0.1) is 17.3 Å². The molecule has 0 radical (unpaired) electrons. The molecule has 0 saturated carbocycles. The molecule has 0 unspecified atom stereocenters. The van der Waals surface area contributed by atoms with E-state index in [1.807, 2.05) is 0 Å². The Morgan fingerprint density at radius 3 is 1.80 bits per heavy atom. The van der Waals surface area contributed by atoms with Crippen LogP contribution >= 0.6 is 0 Å². The highest BCUT2D eigenvalue weighted by molar-refractivity contribution is 6.01. The molecule has 0 saturated heterocycles. The number of carbonyl (C=O) groups excluding carboxylic acids is 2. The third-order valence-electron chi connectivity index (χ3n) is 3.60. The van der Waals surface area contributed by atoms with Crippen LogP contribution in [-0.4, -0.2) is 36.2 Å². The highest BCUT2D eigenvalue weighted by atomic mass is 16.6. The number of carboxylic acid groups (broad SMARTS) is 1. The fourth-order valence-corrected chi connectivity index (χ4v) is 2.44. The van der Waals surface area contributed by atoms with Crippen molar-refractivity contribution in [1.82, 2.24) is 0 Å². The summed E-state index contributed by atoms with van der Waals surface area (Å²) in [5.41, 5.74) is -1.58. The predicted molar refractivity (Wildman–Crippen MR) is 69.7 cm³/mol. The molecule has 0 spiro atoms. The highest BCUT2D eigenvalue weighted by Gasteiger charge is 2.58. The molecule has 0 amide bonds. The summed E-state index contributed by atoms with van der Waals surface area (Å²) in [4.78, 5) is 35.7. The molecule has 0 aromatic heterocycles. The summed E-state index contributed by atoms with van der Waals surface area (Å²) in [5.74, 6) is -4.11. The van der Waals surface area contributed by atoms with Crippen molar-refractivity contribution in [1.29, 1.82) is 0 Å². The van der Waals surface area contributed by atoms with Crippen LogP contribution < -0.4 is 0 Å². The standard InChI is InChI=1S/C14H20O6/c1-4-14(12(17)19-5-2,13(18)20-6-3)10-8-7-9(10)11(15)16/h7-10H,4-6H2,1-3H3,(H,15,16)/t9-,10+/m0/s1. The van der Waals surface area contributed by atoms with Gasteiger partial charge in [0.05, 0.1) is 19.1 Å². The molecule has 0 fully saturated rings. The van der Waals surface area contributed by atoms with E-state index in [9.17, 15) is 14.4 Å². The second-order valence-corrected chi connectivity index (χ2v) is 4.54. The lowest BCUT2D eigenvalue weighted by Gasteiger charge is -2.40. The van der Waals surface area contributed by atoms with Crippen LogP contribution in [0.5, 0.6) is 0 Å². The van der Waals surface area contributed by atoms with E-state index in [1.165, 1.54) is 6.08 Å². The largest absolute Gasteiger partial charge is 0.481 e. The molecular weight excluding hydrogens is 264 g/mol. The van der Waals surface area contributed by atoms with Gasteiger partial charge in [-0.25, -0.2) is 0 Å². The van der Waals surface area contributed by atoms with Gasteiger partial charge >= 0.3 is 17.9 Å². The number of carbonyl (C=O) groups is 3. The van der Waals surface area contributed by atoms with Gasteiger partial charge in [-0.15, -0.1) is 0 Å². The third kappa shape index (κ3) is 2.55. The number of hydrogen-bond donors (Lipinski definition) is 1. The van der Waals surface area contributed by atoms with Crippen molar-refractivity contribution < 1.29 is 29.0 Å². The zero-order valence-electron chi connectivity index (χ0n) is 11.9. The monoisotopic (exact) mass is 284 g/mol. The van der Waals surface area contributed by atoms with E-state index >= 15 is 0 Å². The number of rotatable bonds is 7. The van der Waals surface area contributed by atoms with Crippen LogP contribution in [-0.2, 0) is 23.9 Å². The molecule has 6 heteroatoms. The van der Waals surface area contributed by atoms with Gasteiger partial charge in [-0.05, 0) is 20.3 Å². The number of allylic oxidation sites excluding steroid dienone is 1. The van der Waals surface area contributed by atoms with E-state index in [-0.39, 0.29) is 19.6 Å². The first-order chi connectivity index (χ1) is 9.45. The van der Waals surface area contributed by atoms with Crippen LogP contribution in [0.15, 0.2) is 12.2 Å². The van der Waals surface area contributed by atoms with E-state index < -0.39 is 35.2 Å². The molecule has 2 atom stereocenters. The molecule has 1 N–H and O–H groups in total. The maximum atomic E-state index is 12.3. The molecule has 0 aliphatic heterocycles. The smallest absolute Gasteiger partial charge is 0.324 e. The summed E-state index contributed by atoms with van der Waals surface area (Å²) in [6.45, 7) is 5.16. The van der Waals surface area contributed by atoms with E-state index in [0.717, 1.165) is 0 Å². The van der Waals surface area contributed by atoms with Crippen molar-refractivity contribution in [2.45, 2.75) is 27.2 Å². The van der Waals surface area contributed by atoms with Gasteiger partial charge in [-0.1, -0.05) is 19.1 Å². The van der Waals surface area contributed by atoms with Gasteiger partial charge in [0, 0.05) is 5.92 Å². The summed E-state index contributed by atoms with van der Waals surface area (Å²) in [6, 6.07) is 0. The van der Waals surface area contributed by atoms with Crippen molar-refractivity contribution in [3.05, 3.63) is 12.2 Å². The SMILES string of the molecule is CCOC(=O)C(CC)(C(=O)OCC)[C@@H]1C=C[C@@H]1C(=O)O. The van der Waals surface area contributed by atoms with E-state index in [1.54, 1.807) is 26.8 Å². The fraction of sp³-hybridized carbons (Fsp3) is 0.643. The molecule has 112 valence electrons. The lowest BCUT2D eigenvalue weighted by atomic mass is 9.62. The molecule has 6 nitrogen and oxygen atoms in total. The van der Waals surface area contributed by atoms with Gasteiger partial charge in [0.1, 0.15) is 0 Å². The second kappa shape index (κ2) is 6.54. The molecule has 0 bridgehead atoms. The molecule has 20 heavy (non-hydrogen) atoms. The Bertz CT molecular complexity index is 407. The summed E-state index contributed by atoms with van der Waals surface area (Å²) in [7, 11) is 0. The lowest BCUT2D eigenvalue weighted by Crippen LogP contribution is -2.52. The number of ether oxygens (including phenoxy) is 2. The summed E-state index contributed by atoms with van der Waals surface area (Å²) in [6.07, 6.45) is 3.16. The Morgan fingerprint density at radius 2 is 1.55 bits per heavy atom. The zero-order valence-corrected chi connectivity index (χ0v) is 11.9. The maximum Gasteiger partial charge on any atom is 0.324 e. The Morgan fingerprint density at radius 1 is 1.05 bits per heavy atom. The topological polar surface area (TPSA) is 89.9 Å². The van der Waals surface area contributed by atoms with Crippen molar-refractivity contribution in [3.63, 3.8) is 0 Å². The number of hydrogen-bond acceptors (Lipinski definition) is 5. The first-order valence-corrected chi connectivity index (χ1v) is 6.71. The quantitative estimate of drug-likeness (QED) is 0.432. The highest BCUT2D eigenvalue weighted by Crippen LogP contribution is 2.45. The first kappa shape index (κ1) is 16.2. The molecule has 0 aromatic carbocycles. The van der Waals surface area contributed by atoms with Gasteiger partial charge in [0.15, 0.2) is 5.41 Å². The van der Waals surface area contributed by atoms with Crippen molar-refractivity contribution in [2.75, 3.05) is 13.2 Å². The van der Waals surface area contributed by atoms with Crippen LogP contribution in [0.1, 0.15) is 27.2 Å². The van der Waals surface area contributed by atoms with Gasteiger partial charge in [0.25, 0.3) is 0 Å². The van der Waals surface area contributed by atoms with Gasteiger partial charge in [-0.2, -0.15) is 0 Å². The molecule has 0 aromatic rings. The molecular formula is C14H20O6. The molecule has 0 heterocycles. The van der Waals surface area contributed by atoms with E-state index in [4.69, 9.17) is 14.6 Å². The van der Waals surface area contributed by atoms with E-state index in [2.05, 4.69) is 0 Å². The Labute approximate surface area is 117 Å². The summed E-state index contributed by atoms with van der Waals surface area (Å²) < 4.78 is 9.97. The summed E-state index contributed by atoms with van der Waals surface area (Å²) in [5, 5.41) is 9.13. The molecule has 1 aliphatic carbocycles. The van der Waals surface area contributed by atoms with Gasteiger partial charge in [0.2, 0.25) is 0 Å². The minimum Gasteiger partial charge on any atom is -0.481 e. The maximum absolute atomic E-state index is 12.3. The van der Waals surface area contributed by atoms with Crippen LogP contribution in [0.2, 0.25) is 0 Å². The second-order valence-electron chi connectivity index (χ2n) is 4.54. The predicted octanol–water partition coefficient (Wildman–Crippen LogP) is 1.40. The van der Waals surface area contributed by atoms with E-state index in [0.29, 0.717) is 0 Å². The number of aliphatic carboxylic acids is 1. The van der Waals surface area contributed by atoms with Crippen molar-refractivity contribution in [3.8, 4) is 0 Å². The van der Waals surface area contributed by atoms with Crippen LogP contribution in [0.25, 0.3) is 0 Å². The van der Waals surface area contributed by atoms with Crippen LogP contribution in [0.3, 0.4) is 0 Å². The number of carboxylic acids is 1.